The lowest BCUT2D eigenvalue weighted by Crippen LogP contribution is -1.88. The van der Waals surface area contributed by atoms with Crippen LogP contribution in [0.1, 0.15) is 0 Å². The highest BCUT2D eigenvalue weighted by Gasteiger charge is 2.10. The molecule has 0 amide bonds. The third-order valence-electron chi connectivity index (χ3n) is 3.28. The second kappa shape index (κ2) is 4.65. The Morgan fingerprint density at radius 3 is 2.21 bits per heavy atom. The van der Waals surface area contributed by atoms with Crippen molar-refractivity contribution in [3.63, 3.8) is 0 Å². The van der Waals surface area contributed by atoms with Crippen molar-refractivity contribution >= 4 is 10.8 Å². The van der Waals surface area contributed by atoms with Crippen LogP contribution in [0.2, 0.25) is 0 Å². The van der Waals surface area contributed by atoms with Crippen molar-refractivity contribution in [1.29, 1.82) is 0 Å². The standard InChI is InChI=1S/C17H14O2/c1-19-16-11-5-7-12-6-4-9-14(17(12)16)13-8-2-3-10-15(13)18/h2-11,18H,1H3. The number of phenolic OH excluding ortho intramolecular Hbond substituents is 1. The number of hydrogen-bond donors (Lipinski definition) is 1. The molecule has 0 heterocycles. The number of fused-ring (bicyclic) bond motifs is 1. The molecule has 0 saturated heterocycles. The minimum Gasteiger partial charge on any atom is -0.507 e. The molecular formula is C17H14O2. The van der Waals surface area contributed by atoms with E-state index in [0.717, 1.165) is 27.6 Å². The molecule has 2 heteroatoms. The summed E-state index contributed by atoms with van der Waals surface area (Å²) >= 11 is 0. The van der Waals surface area contributed by atoms with Gasteiger partial charge in [0.15, 0.2) is 0 Å². The summed E-state index contributed by atoms with van der Waals surface area (Å²) in [6.45, 7) is 0. The van der Waals surface area contributed by atoms with E-state index in [-0.39, 0.29) is 5.75 Å². The van der Waals surface area contributed by atoms with Gasteiger partial charge in [-0.15, -0.1) is 0 Å². The maximum atomic E-state index is 10.0. The van der Waals surface area contributed by atoms with Gasteiger partial charge in [-0.05, 0) is 23.1 Å². The lowest BCUT2D eigenvalue weighted by molar-refractivity contribution is 0.420. The second-order valence-electron chi connectivity index (χ2n) is 4.38. The third-order valence-corrected chi connectivity index (χ3v) is 3.28. The van der Waals surface area contributed by atoms with Crippen molar-refractivity contribution in [1.82, 2.24) is 0 Å². The van der Waals surface area contributed by atoms with E-state index in [1.807, 2.05) is 54.6 Å². The molecule has 0 fully saturated rings. The Hall–Kier alpha value is -2.48. The molecule has 0 spiro atoms. The smallest absolute Gasteiger partial charge is 0.127 e. The first-order valence-electron chi connectivity index (χ1n) is 6.15. The molecule has 94 valence electrons. The molecule has 3 aromatic carbocycles. The quantitative estimate of drug-likeness (QED) is 0.737. The predicted octanol–water partition coefficient (Wildman–Crippen LogP) is 4.22. The Kier molecular flexibility index (Phi) is 2.84. The van der Waals surface area contributed by atoms with Crippen LogP contribution in [0.25, 0.3) is 21.9 Å². The molecule has 0 aliphatic rings. The highest BCUT2D eigenvalue weighted by Crippen LogP contribution is 2.38. The monoisotopic (exact) mass is 250 g/mol. The van der Waals surface area contributed by atoms with E-state index in [9.17, 15) is 5.11 Å². The number of hydrogen-bond acceptors (Lipinski definition) is 2. The van der Waals surface area contributed by atoms with E-state index >= 15 is 0 Å². The van der Waals surface area contributed by atoms with Gasteiger partial charge in [0.2, 0.25) is 0 Å². The maximum absolute atomic E-state index is 10.0. The molecule has 0 atom stereocenters. The molecule has 0 unspecified atom stereocenters. The van der Waals surface area contributed by atoms with Crippen LogP contribution >= 0.6 is 0 Å². The zero-order valence-corrected chi connectivity index (χ0v) is 10.6. The van der Waals surface area contributed by atoms with Gasteiger partial charge in [0.05, 0.1) is 7.11 Å². The molecule has 0 radical (unpaired) electrons. The highest BCUT2D eigenvalue weighted by molar-refractivity contribution is 6.01. The average Bonchev–Trinajstić information content (AvgIpc) is 2.46. The van der Waals surface area contributed by atoms with Gasteiger partial charge in [-0.1, -0.05) is 48.5 Å². The Morgan fingerprint density at radius 1 is 0.789 bits per heavy atom. The predicted molar refractivity (Wildman–Crippen MR) is 77.6 cm³/mol. The fraction of sp³-hybridized carbons (Fsp3) is 0.0588. The van der Waals surface area contributed by atoms with Crippen LogP contribution in [0.5, 0.6) is 11.5 Å². The van der Waals surface area contributed by atoms with Crippen LogP contribution in [0.3, 0.4) is 0 Å². The number of ether oxygens (including phenoxy) is 1. The van der Waals surface area contributed by atoms with Gasteiger partial charge in [0.1, 0.15) is 11.5 Å². The van der Waals surface area contributed by atoms with E-state index in [2.05, 4.69) is 0 Å². The van der Waals surface area contributed by atoms with Gasteiger partial charge < -0.3 is 9.84 Å². The van der Waals surface area contributed by atoms with Crippen molar-refractivity contribution in [2.45, 2.75) is 0 Å². The van der Waals surface area contributed by atoms with E-state index < -0.39 is 0 Å². The lowest BCUT2D eigenvalue weighted by atomic mass is 9.97. The van der Waals surface area contributed by atoms with Crippen molar-refractivity contribution in [3.8, 4) is 22.6 Å². The van der Waals surface area contributed by atoms with Crippen LogP contribution in [0.4, 0.5) is 0 Å². The number of rotatable bonds is 2. The Bertz CT molecular complexity index is 727. The van der Waals surface area contributed by atoms with E-state index in [0.29, 0.717) is 0 Å². The molecule has 0 aliphatic carbocycles. The first kappa shape index (κ1) is 11.6. The van der Waals surface area contributed by atoms with Crippen molar-refractivity contribution in [2.24, 2.45) is 0 Å². The van der Waals surface area contributed by atoms with Crippen molar-refractivity contribution < 1.29 is 9.84 Å². The first-order chi connectivity index (χ1) is 9.31. The second-order valence-corrected chi connectivity index (χ2v) is 4.38. The third kappa shape index (κ3) is 1.91. The summed E-state index contributed by atoms with van der Waals surface area (Å²) in [5.74, 6) is 1.09. The molecule has 0 aliphatic heterocycles. The van der Waals surface area contributed by atoms with E-state index in [4.69, 9.17) is 4.74 Å². The highest BCUT2D eigenvalue weighted by atomic mass is 16.5. The summed E-state index contributed by atoms with van der Waals surface area (Å²) in [5.41, 5.74) is 1.80. The number of methoxy groups -OCH3 is 1. The summed E-state index contributed by atoms with van der Waals surface area (Å²) in [4.78, 5) is 0. The van der Waals surface area contributed by atoms with Gasteiger partial charge in [-0.2, -0.15) is 0 Å². The van der Waals surface area contributed by atoms with Gasteiger partial charge in [-0.25, -0.2) is 0 Å². The Morgan fingerprint density at radius 2 is 1.47 bits per heavy atom. The summed E-state index contributed by atoms with van der Waals surface area (Å²) in [6.07, 6.45) is 0. The lowest BCUT2D eigenvalue weighted by Gasteiger charge is -2.12. The van der Waals surface area contributed by atoms with Crippen LogP contribution in [-0.2, 0) is 0 Å². The normalized spacial score (nSPS) is 10.6. The molecule has 3 rings (SSSR count). The van der Waals surface area contributed by atoms with Crippen LogP contribution in [-0.4, -0.2) is 12.2 Å². The van der Waals surface area contributed by atoms with Gasteiger partial charge in [0.25, 0.3) is 0 Å². The summed E-state index contributed by atoms with van der Waals surface area (Å²) < 4.78 is 5.45. The summed E-state index contributed by atoms with van der Waals surface area (Å²) in [6, 6.07) is 19.3. The summed E-state index contributed by atoms with van der Waals surface area (Å²) in [7, 11) is 1.66. The topological polar surface area (TPSA) is 29.5 Å². The molecule has 0 aromatic heterocycles. The molecule has 3 aromatic rings. The first-order valence-corrected chi connectivity index (χ1v) is 6.15. The molecule has 19 heavy (non-hydrogen) atoms. The summed E-state index contributed by atoms with van der Waals surface area (Å²) in [5, 5.41) is 12.2. The largest absolute Gasteiger partial charge is 0.507 e. The molecular weight excluding hydrogens is 236 g/mol. The zero-order valence-electron chi connectivity index (χ0n) is 10.6. The molecule has 0 saturated carbocycles. The van der Waals surface area contributed by atoms with Crippen LogP contribution in [0.15, 0.2) is 60.7 Å². The van der Waals surface area contributed by atoms with Crippen LogP contribution < -0.4 is 4.74 Å². The Labute approximate surface area is 111 Å². The molecule has 0 bridgehead atoms. The van der Waals surface area contributed by atoms with Crippen molar-refractivity contribution in [2.75, 3.05) is 7.11 Å². The number of aromatic hydroxyl groups is 1. The zero-order chi connectivity index (χ0) is 13.2. The minimum atomic E-state index is 0.279. The van der Waals surface area contributed by atoms with Gasteiger partial charge in [-0.3, -0.25) is 0 Å². The SMILES string of the molecule is COc1cccc2cccc(-c3ccccc3O)c12. The van der Waals surface area contributed by atoms with E-state index in [1.54, 1.807) is 13.2 Å². The molecule has 1 N–H and O–H groups in total. The minimum absolute atomic E-state index is 0.279. The van der Waals surface area contributed by atoms with E-state index in [1.165, 1.54) is 0 Å². The van der Waals surface area contributed by atoms with Gasteiger partial charge >= 0.3 is 0 Å². The fourth-order valence-corrected chi connectivity index (χ4v) is 2.40. The number of benzene rings is 3. The Balaban J connectivity index is 2.39. The van der Waals surface area contributed by atoms with Gasteiger partial charge in [0, 0.05) is 10.9 Å². The van der Waals surface area contributed by atoms with Crippen molar-refractivity contribution in [3.05, 3.63) is 60.7 Å². The molecule has 2 nitrogen and oxygen atoms in total. The number of para-hydroxylation sites is 1. The average molecular weight is 250 g/mol. The fourth-order valence-electron chi connectivity index (χ4n) is 2.40. The van der Waals surface area contributed by atoms with Crippen LogP contribution in [0, 0.1) is 0 Å². The maximum Gasteiger partial charge on any atom is 0.127 e. The number of phenols is 1.